The molecule has 10 aromatic rings. The molecule has 2 nitrogen and oxygen atoms in total. The summed E-state index contributed by atoms with van der Waals surface area (Å²) < 4.78 is 5.22. The SMILES string of the molecule is c1ccc(N(c2ccccc2)c2ccc3sc4c5ccccc5c(N(c5ccccc5)c5ccc6sc7ccccc7c6c5)cc4c3c2)cc1. The lowest BCUT2D eigenvalue weighted by Crippen LogP contribution is -2.10. The van der Waals surface area contributed by atoms with Gasteiger partial charge in [-0.15, -0.1) is 22.7 Å². The molecule has 50 heavy (non-hydrogen) atoms. The molecular weight excluding hydrogens is 645 g/mol. The highest BCUT2D eigenvalue weighted by Gasteiger charge is 2.21. The molecule has 0 unspecified atom stereocenters. The fourth-order valence-corrected chi connectivity index (χ4v) is 9.64. The van der Waals surface area contributed by atoms with Gasteiger partial charge in [-0.3, -0.25) is 0 Å². The molecule has 2 heterocycles. The molecular formula is C46H30N2S2. The third kappa shape index (κ3) is 4.76. The smallest absolute Gasteiger partial charge is 0.0547 e. The Labute approximate surface area is 298 Å². The van der Waals surface area contributed by atoms with Gasteiger partial charge in [-0.05, 0) is 84.9 Å². The quantitative estimate of drug-likeness (QED) is 0.173. The van der Waals surface area contributed by atoms with Crippen molar-refractivity contribution in [3.8, 4) is 0 Å². The van der Waals surface area contributed by atoms with Gasteiger partial charge in [0.05, 0.1) is 5.69 Å². The number of nitrogens with zero attached hydrogens (tertiary/aromatic N) is 2. The Balaban J connectivity index is 1.24. The van der Waals surface area contributed by atoms with Crippen LogP contribution >= 0.6 is 22.7 Å². The molecule has 2 aromatic heterocycles. The average Bonchev–Trinajstić information content (AvgIpc) is 3.74. The molecule has 0 saturated heterocycles. The first kappa shape index (κ1) is 29.0. The second-order valence-corrected chi connectivity index (χ2v) is 14.7. The van der Waals surface area contributed by atoms with Crippen LogP contribution < -0.4 is 9.80 Å². The summed E-state index contributed by atoms with van der Waals surface area (Å²) in [4.78, 5) is 4.79. The van der Waals surface area contributed by atoms with Gasteiger partial charge < -0.3 is 9.80 Å². The van der Waals surface area contributed by atoms with E-state index in [1.807, 2.05) is 22.7 Å². The van der Waals surface area contributed by atoms with E-state index in [2.05, 4.69) is 192 Å². The number of anilines is 6. The minimum atomic E-state index is 1.13. The second kappa shape index (κ2) is 11.9. The zero-order valence-electron chi connectivity index (χ0n) is 27.0. The fraction of sp³-hybridized carbons (Fsp3) is 0. The summed E-state index contributed by atoms with van der Waals surface area (Å²) in [6.07, 6.45) is 0. The van der Waals surface area contributed by atoms with E-state index >= 15 is 0 Å². The highest BCUT2D eigenvalue weighted by Crippen LogP contribution is 2.48. The normalized spacial score (nSPS) is 11.6. The van der Waals surface area contributed by atoms with Gasteiger partial charge in [0.25, 0.3) is 0 Å². The van der Waals surface area contributed by atoms with E-state index in [1.165, 1.54) is 56.8 Å². The van der Waals surface area contributed by atoms with E-state index in [-0.39, 0.29) is 0 Å². The molecule has 0 amide bonds. The summed E-state index contributed by atoms with van der Waals surface area (Å²) in [5.41, 5.74) is 6.86. The van der Waals surface area contributed by atoms with Gasteiger partial charge in [0.15, 0.2) is 0 Å². The topological polar surface area (TPSA) is 6.48 Å². The van der Waals surface area contributed by atoms with E-state index in [1.54, 1.807) is 0 Å². The predicted molar refractivity (Wildman–Crippen MR) is 219 cm³/mol. The van der Waals surface area contributed by atoms with E-state index in [0.717, 1.165) is 28.4 Å². The molecule has 4 heteroatoms. The van der Waals surface area contributed by atoms with Crippen LogP contribution in [0.1, 0.15) is 0 Å². The molecule has 0 fully saturated rings. The third-order valence-electron chi connectivity index (χ3n) is 9.60. The van der Waals surface area contributed by atoms with Crippen LogP contribution in [-0.2, 0) is 0 Å². The van der Waals surface area contributed by atoms with Gasteiger partial charge in [-0.1, -0.05) is 97.1 Å². The average molecular weight is 675 g/mol. The van der Waals surface area contributed by atoms with Crippen LogP contribution in [-0.4, -0.2) is 0 Å². The number of hydrogen-bond acceptors (Lipinski definition) is 4. The highest BCUT2D eigenvalue weighted by atomic mass is 32.1. The Kier molecular flexibility index (Phi) is 6.90. The zero-order chi connectivity index (χ0) is 33.0. The maximum Gasteiger partial charge on any atom is 0.0547 e. The summed E-state index contributed by atoms with van der Waals surface area (Å²) in [5.74, 6) is 0. The molecule has 236 valence electrons. The number of benzene rings is 8. The molecule has 8 aromatic carbocycles. The molecule has 10 rings (SSSR count). The van der Waals surface area contributed by atoms with Gasteiger partial charge in [-0.2, -0.15) is 0 Å². The lowest BCUT2D eigenvalue weighted by Gasteiger charge is -2.27. The minimum absolute atomic E-state index is 1.13. The summed E-state index contributed by atoms with van der Waals surface area (Å²) >= 11 is 3.74. The summed E-state index contributed by atoms with van der Waals surface area (Å²) in [7, 11) is 0. The standard InChI is InChI=1S/C46H30N2S2/c1-4-14-31(15-5-1)47(32-16-6-2-7-17-32)34-24-27-45-40(28-34)41-30-42(36-20-10-11-22-38(36)46(41)50-45)48(33-18-8-3-9-19-33)35-25-26-44-39(29-35)37-21-12-13-23-43(37)49-44/h1-30H. The monoisotopic (exact) mass is 674 g/mol. The molecule has 0 saturated carbocycles. The molecule has 0 aliphatic rings. The van der Waals surface area contributed by atoms with E-state index in [0.29, 0.717) is 0 Å². The van der Waals surface area contributed by atoms with Crippen LogP contribution in [0.5, 0.6) is 0 Å². The van der Waals surface area contributed by atoms with Crippen molar-refractivity contribution in [3.05, 3.63) is 182 Å². The van der Waals surface area contributed by atoms with Gasteiger partial charge in [-0.25, -0.2) is 0 Å². The molecule has 0 aliphatic heterocycles. The molecule has 0 atom stereocenters. The largest absolute Gasteiger partial charge is 0.310 e. The highest BCUT2D eigenvalue weighted by molar-refractivity contribution is 7.27. The first-order chi connectivity index (χ1) is 24.8. The van der Waals surface area contributed by atoms with Crippen LogP contribution in [0.3, 0.4) is 0 Å². The van der Waals surface area contributed by atoms with Crippen molar-refractivity contribution in [2.24, 2.45) is 0 Å². The second-order valence-electron chi connectivity index (χ2n) is 12.6. The van der Waals surface area contributed by atoms with Crippen LogP contribution in [0.4, 0.5) is 34.1 Å². The van der Waals surface area contributed by atoms with Crippen molar-refractivity contribution in [1.29, 1.82) is 0 Å². The van der Waals surface area contributed by atoms with Crippen molar-refractivity contribution in [2.75, 3.05) is 9.80 Å². The fourth-order valence-electron chi connectivity index (χ4n) is 7.35. The van der Waals surface area contributed by atoms with Crippen molar-refractivity contribution in [1.82, 2.24) is 0 Å². The molecule has 0 spiro atoms. The molecule has 0 radical (unpaired) electrons. The lowest BCUT2D eigenvalue weighted by atomic mass is 10.0. The van der Waals surface area contributed by atoms with Crippen LogP contribution in [0, 0.1) is 0 Å². The lowest BCUT2D eigenvalue weighted by molar-refractivity contribution is 1.29. The Morgan fingerprint density at radius 3 is 1.38 bits per heavy atom. The van der Waals surface area contributed by atoms with Crippen LogP contribution in [0.2, 0.25) is 0 Å². The summed E-state index contributed by atoms with van der Waals surface area (Å²) in [5, 5.41) is 7.64. The number of thiophene rings is 2. The molecule has 0 bridgehead atoms. The Morgan fingerprint density at radius 2 is 0.740 bits per heavy atom. The number of hydrogen-bond donors (Lipinski definition) is 0. The minimum Gasteiger partial charge on any atom is -0.310 e. The van der Waals surface area contributed by atoms with Crippen molar-refractivity contribution >= 4 is 108 Å². The Morgan fingerprint density at radius 1 is 0.280 bits per heavy atom. The number of fused-ring (bicyclic) bond motifs is 8. The van der Waals surface area contributed by atoms with E-state index in [4.69, 9.17) is 0 Å². The van der Waals surface area contributed by atoms with Gasteiger partial charge in [0, 0.05) is 79.6 Å². The Bertz CT molecular complexity index is 2780. The molecule has 0 N–H and O–H groups in total. The first-order valence-electron chi connectivity index (χ1n) is 16.8. The maximum atomic E-state index is 2.45. The van der Waals surface area contributed by atoms with Crippen LogP contribution in [0.15, 0.2) is 182 Å². The number of para-hydroxylation sites is 3. The van der Waals surface area contributed by atoms with Crippen molar-refractivity contribution in [2.45, 2.75) is 0 Å². The maximum absolute atomic E-state index is 2.45. The van der Waals surface area contributed by atoms with Gasteiger partial charge >= 0.3 is 0 Å². The van der Waals surface area contributed by atoms with Crippen molar-refractivity contribution < 1.29 is 0 Å². The van der Waals surface area contributed by atoms with Gasteiger partial charge in [0.2, 0.25) is 0 Å². The predicted octanol–water partition coefficient (Wildman–Crippen LogP) is 14.5. The third-order valence-corrected chi connectivity index (χ3v) is 12.0. The molecule has 0 aliphatic carbocycles. The van der Waals surface area contributed by atoms with Crippen LogP contribution in [0.25, 0.3) is 51.1 Å². The zero-order valence-corrected chi connectivity index (χ0v) is 28.7. The summed E-state index contributed by atoms with van der Waals surface area (Å²) in [6.45, 7) is 0. The Hall–Kier alpha value is -5.94. The van der Waals surface area contributed by atoms with E-state index in [9.17, 15) is 0 Å². The number of rotatable bonds is 6. The van der Waals surface area contributed by atoms with Crippen molar-refractivity contribution in [3.63, 3.8) is 0 Å². The van der Waals surface area contributed by atoms with Gasteiger partial charge in [0.1, 0.15) is 0 Å². The first-order valence-corrected chi connectivity index (χ1v) is 18.5. The van der Waals surface area contributed by atoms with E-state index < -0.39 is 0 Å². The summed E-state index contributed by atoms with van der Waals surface area (Å²) in [6, 6.07) is 66.1.